The van der Waals surface area contributed by atoms with Gasteiger partial charge < -0.3 is 9.47 Å². The summed E-state index contributed by atoms with van der Waals surface area (Å²) >= 11 is 1.50. The van der Waals surface area contributed by atoms with Crippen molar-refractivity contribution in [2.24, 2.45) is 0 Å². The summed E-state index contributed by atoms with van der Waals surface area (Å²) in [5.74, 6) is 1.85. The number of rotatable bonds is 15. The van der Waals surface area contributed by atoms with E-state index >= 15 is 0 Å². The molecule has 0 saturated heterocycles. The topological polar surface area (TPSA) is 78.5 Å². The maximum atomic E-state index is 12.9. The summed E-state index contributed by atoms with van der Waals surface area (Å²) in [6, 6.07) is 9.70. The van der Waals surface area contributed by atoms with E-state index in [2.05, 4.69) is 16.3 Å². The number of carbonyl (C=O) groups excluding carboxylic acids is 1. The van der Waals surface area contributed by atoms with Crippen molar-refractivity contribution in [3.05, 3.63) is 47.0 Å². The van der Waals surface area contributed by atoms with Gasteiger partial charge in [0.15, 0.2) is 5.75 Å². The quantitative estimate of drug-likeness (QED) is 0.286. The molecule has 0 bridgehead atoms. The predicted octanol–water partition coefficient (Wildman–Crippen LogP) is 2.05. The van der Waals surface area contributed by atoms with Gasteiger partial charge in [-0.25, -0.2) is 4.39 Å². The molecule has 3 rings (SSSR count). The third kappa shape index (κ3) is 8.54. The second-order valence-corrected chi connectivity index (χ2v) is 9.86. The van der Waals surface area contributed by atoms with E-state index < -0.39 is 6.67 Å². The number of hydrogen-bond donors (Lipinski definition) is 1. The SMILES string of the molecule is COc1cc2c(cc1OC)CN(CCNC(=O)c1cc([At])ccc1OCCOCCOCCF)CC2. The Labute approximate surface area is 227 Å². The molecular weight excluding hydrogens is 665 g/mol. The zero-order valence-electron chi connectivity index (χ0n) is 20.8. The number of fused-ring (bicyclic) bond motifs is 1. The Morgan fingerprint density at radius 1 is 0.972 bits per heavy atom. The molecule has 1 aliphatic heterocycles. The van der Waals surface area contributed by atoms with Gasteiger partial charge in [-0.15, -0.1) is 0 Å². The Kier molecular flexibility index (Phi) is 12.1. The van der Waals surface area contributed by atoms with Crippen LogP contribution in [-0.2, 0) is 22.4 Å². The van der Waals surface area contributed by atoms with Gasteiger partial charge >= 0.3 is 187 Å². The van der Waals surface area contributed by atoms with Crippen molar-refractivity contribution in [3.8, 4) is 17.2 Å². The Balaban J connectivity index is 1.46. The fourth-order valence-electron chi connectivity index (χ4n) is 3.95. The Morgan fingerprint density at radius 2 is 1.67 bits per heavy atom. The fraction of sp³-hybridized carbons (Fsp3) is 0.500. The van der Waals surface area contributed by atoms with E-state index in [1.807, 2.05) is 24.3 Å². The number of alkyl halides is 1. The Morgan fingerprint density at radius 3 is 2.39 bits per heavy atom. The van der Waals surface area contributed by atoms with Crippen LogP contribution in [0, 0.1) is 24.7 Å². The number of amides is 1. The minimum absolute atomic E-state index is 0.0814. The molecule has 0 unspecified atom stereocenters. The fourth-order valence-corrected chi connectivity index (χ4v) is 4.62. The second kappa shape index (κ2) is 15.3. The molecular formula is C26H34AtFN2O6. The van der Waals surface area contributed by atoms with Crippen LogP contribution in [0.5, 0.6) is 17.2 Å². The summed E-state index contributed by atoms with van der Waals surface area (Å²) < 4.78 is 40.1. The van der Waals surface area contributed by atoms with E-state index in [9.17, 15) is 9.18 Å². The number of halogens is 1. The molecule has 0 radical (unpaired) electrons. The van der Waals surface area contributed by atoms with E-state index in [0.29, 0.717) is 44.3 Å². The first-order chi connectivity index (χ1) is 17.5. The number of methoxy groups -OCH3 is 2. The summed E-state index contributed by atoms with van der Waals surface area (Å²) in [4.78, 5) is 15.3. The molecule has 198 valence electrons. The number of carbonyl (C=O) groups is 1. The molecule has 1 aliphatic rings. The first kappa shape index (κ1) is 28.6. The van der Waals surface area contributed by atoms with Gasteiger partial charge in [-0.05, 0) is 0 Å². The molecule has 36 heavy (non-hydrogen) atoms. The zero-order chi connectivity index (χ0) is 25.8. The Bertz CT molecular complexity index is 993. The van der Waals surface area contributed by atoms with Crippen molar-refractivity contribution in [1.82, 2.24) is 10.2 Å². The predicted molar refractivity (Wildman–Crippen MR) is 130 cm³/mol. The zero-order valence-corrected chi connectivity index (χ0v) is 23.8. The van der Waals surface area contributed by atoms with Crippen molar-refractivity contribution in [1.29, 1.82) is 0 Å². The normalized spacial score (nSPS) is 13.2. The molecule has 2 aromatic rings. The second-order valence-electron chi connectivity index (χ2n) is 8.16. The number of nitrogens with zero attached hydrogens (tertiary/aromatic N) is 1. The molecule has 0 saturated carbocycles. The van der Waals surface area contributed by atoms with Crippen LogP contribution in [0.1, 0.15) is 21.5 Å². The molecule has 1 amide bonds. The Hall–Kier alpha value is -2.00. The molecule has 0 aromatic heterocycles. The van der Waals surface area contributed by atoms with Crippen molar-refractivity contribution in [2.75, 3.05) is 73.6 Å². The molecule has 0 aliphatic carbocycles. The third-order valence-electron chi connectivity index (χ3n) is 5.78. The maximum absolute atomic E-state index is 12.9. The van der Waals surface area contributed by atoms with Crippen LogP contribution in [0.3, 0.4) is 0 Å². The average molecular weight is 700 g/mol. The van der Waals surface area contributed by atoms with E-state index in [-0.39, 0.29) is 12.5 Å². The monoisotopic (exact) mass is 699 g/mol. The molecule has 10 heteroatoms. The van der Waals surface area contributed by atoms with Crippen LogP contribution >= 0.6 is 0 Å². The van der Waals surface area contributed by atoms with Crippen LogP contribution in [0.2, 0.25) is 0 Å². The molecule has 0 fully saturated rings. The first-order valence-electron chi connectivity index (χ1n) is 11.9. The standard InChI is InChI=1S/C26H34AtFN2O6/c1-32-24-15-19-5-8-30(18-20(19)16-25(24)33-2)9-7-29-26(31)22-17-21(27)3-4-23(22)36-14-13-35-12-11-34-10-6-28/h3-4,15-17H,5-14,18H2,1-2H3,(H,29,31). The van der Waals surface area contributed by atoms with Gasteiger partial charge in [0.1, 0.15) is 6.67 Å². The molecule has 1 heterocycles. The van der Waals surface area contributed by atoms with Crippen molar-refractivity contribution in [2.45, 2.75) is 13.0 Å². The summed E-state index contributed by atoms with van der Waals surface area (Å²) in [6.07, 6.45) is 0.922. The van der Waals surface area contributed by atoms with Gasteiger partial charge in [0, 0.05) is 0 Å². The first-order valence-corrected chi connectivity index (χ1v) is 13.4. The number of nitrogens with one attached hydrogen (secondary N) is 1. The van der Waals surface area contributed by atoms with Crippen LogP contribution < -0.4 is 22.8 Å². The molecule has 2 aromatic carbocycles. The third-order valence-corrected chi connectivity index (χ3v) is 6.69. The van der Waals surface area contributed by atoms with E-state index in [4.69, 9.17) is 23.7 Å². The van der Waals surface area contributed by atoms with Gasteiger partial charge in [-0.1, -0.05) is 0 Å². The summed E-state index contributed by atoms with van der Waals surface area (Å²) in [6.45, 7) is 3.93. The summed E-state index contributed by atoms with van der Waals surface area (Å²) in [5.41, 5.74) is 3.01. The molecule has 8 nitrogen and oxygen atoms in total. The van der Waals surface area contributed by atoms with Gasteiger partial charge in [-0.3, -0.25) is 0 Å². The van der Waals surface area contributed by atoms with Gasteiger partial charge in [0.05, 0.1) is 14.2 Å². The summed E-state index contributed by atoms with van der Waals surface area (Å²) in [5, 5.41) is 3.03. The van der Waals surface area contributed by atoms with Crippen LogP contribution in [0.25, 0.3) is 0 Å². The van der Waals surface area contributed by atoms with Gasteiger partial charge in [0.2, 0.25) is 0 Å². The van der Waals surface area contributed by atoms with Gasteiger partial charge in [0.25, 0.3) is 0 Å². The van der Waals surface area contributed by atoms with E-state index in [1.165, 1.54) is 35.8 Å². The van der Waals surface area contributed by atoms with Crippen molar-refractivity contribution in [3.63, 3.8) is 0 Å². The van der Waals surface area contributed by atoms with Gasteiger partial charge in [-0.2, -0.15) is 0 Å². The van der Waals surface area contributed by atoms with Crippen LogP contribution in [0.4, 0.5) is 4.39 Å². The number of benzene rings is 2. The average Bonchev–Trinajstić information content (AvgIpc) is 2.89. The van der Waals surface area contributed by atoms with E-state index in [1.54, 1.807) is 14.2 Å². The molecule has 0 spiro atoms. The minimum atomic E-state index is -0.501. The number of hydrogen-bond acceptors (Lipinski definition) is 7. The summed E-state index contributed by atoms with van der Waals surface area (Å²) in [7, 11) is 3.29. The van der Waals surface area contributed by atoms with Crippen molar-refractivity contribution >= 4 is 9.18 Å². The van der Waals surface area contributed by atoms with Crippen LogP contribution in [-0.4, -0.2) is 84.4 Å². The van der Waals surface area contributed by atoms with E-state index in [0.717, 1.165) is 40.8 Å². The number of ether oxygens (including phenoxy) is 5. The van der Waals surface area contributed by atoms with Crippen LogP contribution in [0.15, 0.2) is 30.3 Å². The molecule has 0 atom stereocenters. The molecule has 1 N–H and O–H groups in total. The van der Waals surface area contributed by atoms with Crippen molar-refractivity contribution < 1.29 is 57.6 Å².